The maximum Gasteiger partial charge on any atom is 0.319 e. The van der Waals surface area contributed by atoms with Gasteiger partial charge in [-0.15, -0.1) is 0 Å². The first-order valence-corrected chi connectivity index (χ1v) is 7.23. The summed E-state index contributed by atoms with van der Waals surface area (Å²) < 4.78 is 0. The van der Waals surface area contributed by atoms with E-state index in [9.17, 15) is 9.59 Å². The van der Waals surface area contributed by atoms with Crippen LogP contribution in [0.4, 0.5) is 0 Å². The zero-order valence-corrected chi connectivity index (χ0v) is 11.4. The molecule has 3 rings (SSSR count). The van der Waals surface area contributed by atoms with Crippen molar-refractivity contribution in [3.63, 3.8) is 0 Å². The lowest BCUT2D eigenvalue weighted by Gasteiger charge is -2.26. The monoisotopic (exact) mass is 273 g/mol. The van der Waals surface area contributed by atoms with Gasteiger partial charge in [0.05, 0.1) is 0 Å². The van der Waals surface area contributed by atoms with Gasteiger partial charge >= 0.3 is 5.97 Å². The smallest absolute Gasteiger partial charge is 0.319 e. The van der Waals surface area contributed by atoms with E-state index in [0.717, 1.165) is 19.3 Å². The number of hydrogen-bond acceptors (Lipinski definition) is 2. The zero-order valence-electron chi connectivity index (χ0n) is 11.4. The molecule has 2 aliphatic rings. The van der Waals surface area contributed by atoms with E-state index < -0.39 is 11.4 Å². The van der Waals surface area contributed by atoms with Crippen molar-refractivity contribution in [2.75, 3.05) is 6.54 Å². The molecule has 2 aliphatic carbocycles. The van der Waals surface area contributed by atoms with E-state index in [2.05, 4.69) is 17.4 Å². The fourth-order valence-electron chi connectivity index (χ4n) is 3.11. The first-order chi connectivity index (χ1) is 9.63. The van der Waals surface area contributed by atoms with E-state index in [-0.39, 0.29) is 5.91 Å². The van der Waals surface area contributed by atoms with E-state index in [0.29, 0.717) is 25.3 Å². The Kier molecular flexibility index (Phi) is 3.24. The third kappa shape index (κ3) is 2.19. The Labute approximate surface area is 118 Å². The first-order valence-electron chi connectivity index (χ1n) is 7.23. The van der Waals surface area contributed by atoms with Crippen LogP contribution < -0.4 is 5.32 Å². The van der Waals surface area contributed by atoms with Crippen molar-refractivity contribution in [1.29, 1.82) is 0 Å². The Morgan fingerprint density at radius 2 is 2.05 bits per heavy atom. The lowest BCUT2D eigenvalue weighted by Crippen LogP contribution is -2.39. The predicted octanol–water partition coefficient (Wildman–Crippen LogP) is 2.09. The molecule has 4 heteroatoms. The minimum absolute atomic E-state index is 0.312. The summed E-state index contributed by atoms with van der Waals surface area (Å²) in [6, 6.07) is 8.33. The molecule has 4 nitrogen and oxygen atoms in total. The molecule has 0 bridgehead atoms. The molecular formula is C16H19NO3. The van der Waals surface area contributed by atoms with Crippen molar-refractivity contribution in [3.05, 3.63) is 35.4 Å². The summed E-state index contributed by atoms with van der Waals surface area (Å²) >= 11 is 0. The van der Waals surface area contributed by atoms with Crippen molar-refractivity contribution in [2.24, 2.45) is 5.41 Å². The molecule has 0 radical (unpaired) electrons. The quantitative estimate of drug-likeness (QED) is 0.825. The second-order valence-corrected chi connectivity index (χ2v) is 5.89. The Morgan fingerprint density at radius 1 is 1.30 bits per heavy atom. The predicted molar refractivity (Wildman–Crippen MR) is 74.4 cm³/mol. The lowest BCUT2D eigenvalue weighted by atomic mass is 9.83. The van der Waals surface area contributed by atoms with Gasteiger partial charge in [0.15, 0.2) is 0 Å². The molecule has 1 amide bonds. The number of rotatable bonds is 4. The van der Waals surface area contributed by atoms with E-state index in [4.69, 9.17) is 5.11 Å². The van der Waals surface area contributed by atoms with E-state index in [1.807, 2.05) is 12.1 Å². The molecule has 20 heavy (non-hydrogen) atoms. The maximum absolute atomic E-state index is 12.0. The molecule has 0 aromatic heterocycles. The van der Waals surface area contributed by atoms with Crippen LogP contribution in [-0.4, -0.2) is 23.5 Å². The van der Waals surface area contributed by atoms with Gasteiger partial charge in [-0.25, -0.2) is 0 Å². The second kappa shape index (κ2) is 4.93. The Hall–Kier alpha value is -1.84. The zero-order chi connectivity index (χ0) is 14.2. The van der Waals surface area contributed by atoms with E-state index in [1.165, 1.54) is 11.1 Å². The first kappa shape index (κ1) is 13.2. The molecule has 0 heterocycles. The number of hydrogen-bond donors (Lipinski definition) is 2. The topological polar surface area (TPSA) is 66.4 Å². The number of benzene rings is 1. The Bertz CT molecular complexity index is 548. The second-order valence-electron chi connectivity index (χ2n) is 5.89. The molecule has 1 aromatic carbocycles. The lowest BCUT2D eigenvalue weighted by molar-refractivity contribution is -0.149. The molecular weight excluding hydrogens is 254 g/mol. The molecule has 0 spiro atoms. The van der Waals surface area contributed by atoms with Crippen molar-refractivity contribution in [2.45, 2.75) is 38.0 Å². The molecule has 1 saturated carbocycles. The molecule has 2 N–H and O–H groups in total. The summed E-state index contributed by atoms with van der Waals surface area (Å²) in [5, 5.41) is 12.0. The van der Waals surface area contributed by atoms with Crippen LogP contribution in [0.15, 0.2) is 24.3 Å². The van der Waals surface area contributed by atoms with E-state index >= 15 is 0 Å². The highest BCUT2D eigenvalue weighted by Gasteiger charge is 2.57. The number of aryl methyl sites for hydroxylation is 1. The Balaban J connectivity index is 1.65. The molecule has 1 unspecified atom stereocenters. The summed E-state index contributed by atoms with van der Waals surface area (Å²) in [7, 11) is 0. The SMILES string of the molecule is O=C(O)C1(C(=O)NCC2CCCc3ccccc32)CC1. The minimum Gasteiger partial charge on any atom is -0.480 e. The number of fused-ring (bicyclic) bond motifs is 1. The van der Waals surface area contributed by atoms with Crippen molar-refractivity contribution >= 4 is 11.9 Å². The average molecular weight is 273 g/mol. The highest BCUT2D eigenvalue weighted by Crippen LogP contribution is 2.46. The van der Waals surface area contributed by atoms with Gasteiger partial charge in [-0.05, 0) is 43.2 Å². The third-order valence-electron chi connectivity index (χ3n) is 4.60. The van der Waals surface area contributed by atoms with Crippen molar-refractivity contribution in [3.8, 4) is 0 Å². The van der Waals surface area contributed by atoms with Gasteiger partial charge in [0.2, 0.25) is 5.91 Å². The number of carbonyl (C=O) groups excluding carboxylic acids is 1. The molecule has 106 valence electrons. The summed E-state index contributed by atoms with van der Waals surface area (Å²) in [5.74, 6) is -0.986. The summed E-state index contributed by atoms with van der Waals surface area (Å²) in [6.45, 7) is 0.547. The fraction of sp³-hybridized carbons (Fsp3) is 0.500. The number of amides is 1. The standard InChI is InChI=1S/C16H19NO3/c18-14(16(8-9-16)15(19)20)17-10-12-6-3-5-11-4-1-2-7-13(11)12/h1-2,4,7,12H,3,5-6,8-10H2,(H,17,18)(H,19,20). The van der Waals surface area contributed by atoms with Gasteiger partial charge in [-0.2, -0.15) is 0 Å². The number of nitrogens with one attached hydrogen (secondary N) is 1. The van der Waals surface area contributed by atoms with Crippen molar-refractivity contribution in [1.82, 2.24) is 5.32 Å². The number of carboxylic acids is 1. The van der Waals surface area contributed by atoms with Gasteiger partial charge in [0, 0.05) is 12.5 Å². The minimum atomic E-state index is -1.13. The number of carbonyl (C=O) groups is 2. The van der Waals surface area contributed by atoms with Crippen LogP contribution in [0.2, 0.25) is 0 Å². The highest BCUT2D eigenvalue weighted by molar-refractivity contribution is 6.04. The normalized spacial score (nSPS) is 22.7. The average Bonchev–Trinajstić information content (AvgIpc) is 3.26. The molecule has 1 atom stereocenters. The Morgan fingerprint density at radius 3 is 2.75 bits per heavy atom. The molecule has 1 fully saturated rings. The molecule has 0 aliphatic heterocycles. The van der Waals surface area contributed by atoms with Crippen LogP contribution in [-0.2, 0) is 16.0 Å². The van der Waals surface area contributed by atoms with Gasteiger partial charge in [0.25, 0.3) is 0 Å². The van der Waals surface area contributed by atoms with Crippen LogP contribution in [0, 0.1) is 5.41 Å². The van der Waals surface area contributed by atoms with Gasteiger partial charge in [0.1, 0.15) is 5.41 Å². The van der Waals surface area contributed by atoms with Gasteiger partial charge in [-0.1, -0.05) is 24.3 Å². The van der Waals surface area contributed by atoms with Crippen LogP contribution in [0.25, 0.3) is 0 Å². The maximum atomic E-state index is 12.0. The number of carboxylic acid groups (broad SMARTS) is 1. The highest BCUT2D eigenvalue weighted by atomic mass is 16.4. The van der Waals surface area contributed by atoms with E-state index in [1.54, 1.807) is 0 Å². The molecule has 0 saturated heterocycles. The number of aliphatic carboxylic acids is 1. The third-order valence-corrected chi connectivity index (χ3v) is 4.60. The van der Waals surface area contributed by atoms with Crippen LogP contribution >= 0.6 is 0 Å². The summed E-state index contributed by atoms with van der Waals surface area (Å²) in [4.78, 5) is 23.1. The largest absolute Gasteiger partial charge is 0.480 e. The fourth-order valence-corrected chi connectivity index (χ4v) is 3.11. The summed E-state index contributed by atoms with van der Waals surface area (Å²) in [5.41, 5.74) is 1.53. The summed E-state index contributed by atoms with van der Waals surface area (Å²) in [6.07, 6.45) is 4.21. The van der Waals surface area contributed by atoms with Crippen LogP contribution in [0.1, 0.15) is 42.7 Å². The van der Waals surface area contributed by atoms with Crippen LogP contribution in [0.5, 0.6) is 0 Å². The van der Waals surface area contributed by atoms with Gasteiger partial charge < -0.3 is 10.4 Å². The van der Waals surface area contributed by atoms with Crippen LogP contribution in [0.3, 0.4) is 0 Å². The molecule has 1 aromatic rings. The van der Waals surface area contributed by atoms with Gasteiger partial charge in [-0.3, -0.25) is 9.59 Å². The van der Waals surface area contributed by atoms with Crippen molar-refractivity contribution < 1.29 is 14.7 Å².